The molecule has 1 rings (SSSR count). The van der Waals surface area contributed by atoms with Gasteiger partial charge in [0.1, 0.15) is 0 Å². The van der Waals surface area contributed by atoms with Gasteiger partial charge in [-0.1, -0.05) is 6.92 Å². The molecule has 13 heavy (non-hydrogen) atoms. The molecule has 0 aliphatic rings. The highest BCUT2D eigenvalue weighted by Crippen LogP contribution is 2.06. The van der Waals surface area contributed by atoms with Crippen LogP contribution in [0.3, 0.4) is 0 Å². The molecule has 0 aliphatic heterocycles. The molecule has 3 N–H and O–H groups in total. The first-order valence-corrected chi connectivity index (χ1v) is 4.54. The number of aliphatic hydroxyl groups is 1. The number of rotatable bonds is 5. The summed E-state index contributed by atoms with van der Waals surface area (Å²) < 4.78 is 0. The normalized spacial score (nSPS) is 15.6. The van der Waals surface area contributed by atoms with E-state index in [-0.39, 0.29) is 0 Å². The van der Waals surface area contributed by atoms with Crippen LogP contribution in [0.25, 0.3) is 0 Å². The van der Waals surface area contributed by atoms with E-state index < -0.39 is 5.60 Å². The smallest absolute Gasteiger partial charge is 0.0922 e. The number of hydrogen-bond acceptors (Lipinski definition) is 3. The number of nitrogens with zero attached hydrogens (tertiary/aromatic N) is 1. The van der Waals surface area contributed by atoms with Crippen molar-refractivity contribution < 1.29 is 5.11 Å². The van der Waals surface area contributed by atoms with Gasteiger partial charge < -0.3 is 15.4 Å². The maximum absolute atomic E-state index is 9.66. The molecule has 1 atom stereocenters. The number of aromatic nitrogens is 2. The minimum absolute atomic E-state index is 0.600. The van der Waals surface area contributed by atoms with E-state index in [0.29, 0.717) is 6.54 Å². The standard InChI is InChI=1S/C9H17N3O/c1-3-9(2,13)6-10-4-8-5-11-7-12-8/h5,7,10,13H,3-4,6H2,1-2H3,(H,11,12). The quantitative estimate of drug-likeness (QED) is 0.628. The van der Waals surface area contributed by atoms with Crippen molar-refractivity contribution in [3.8, 4) is 0 Å². The molecule has 0 fully saturated rings. The fourth-order valence-corrected chi connectivity index (χ4v) is 0.973. The largest absolute Gasteiger partial charge is 0.389 e. The molecule has 4 heteroatoms. The van der Waals surface area contributed by atoms with E-state index >= 15 is 0 Å². The van der Waals surface area contributed by atoms with E-state index in [2.05, 4.69) is 15.3 Å². The van der Waals surface area contributed by atoms with Gasteiger partial charge in [0, 0.05) is 25.0 Å². The zero-order chi connectivity index (χ0) is 9.73. The van der Waals surface area contributed by atoms with Crippen molar-refractivity contribution in [1.82, 2.24) is 15.3 Å². The van der Waals surface area contributed by atoms with Crippen molar-refractivity contribution in [2.24, 2.45) is 0 Å². The molecule has 1 aromatic heterocycles. The SMILES string of the molecule is CCC(C)(O)CNCc1cnc[nH]1. The van der Waals surface area contributed by atoms with Gasteiger partial charge in [-0.05, 0) is 13.3 Å². The second kappa shape index (κ2) is 4.39. The summed E-state index contributed by atoms with van der Waals surface area (Å²) in [6.07, 6.45) is 4.17. The van der Waals surface area contributed by atoms with Crippen LogP contribution >= 0.6 is 0 Å². The summed E-state index contributed by atoms with van der Waals surface area (Å²) in [6, 6.07) is 0. The van der Waals surface area contributed by atoms with Crippen molar-refractivity contribution in [3.05, 3.63) is 18.2 Å². The number of H-pyrrole nitrogens is 1. The van der Waals surface area contributed by atoms with Crippen molar-refractivity contribution in [2.75, 3.05) is 6.54 Å². The third kappa shape index (κ3) is 3.57. The molecule has 0 saturated heterocycles. The Balaban J connectivity index is 2.21. The molecular formula is C9H17N3O. The summed E-state index contributed by atoms with van der Waals surface area (Å²) in [5.41, 5.74) is 0.423. The van der Waals surface area contributed by atoms with Crippen molar-refractivity contribution in [3.63, 3.8) is 0 Å². The van der Waals surface area contributed by atoms with E-state index in [9.17, 15) is 5.11 Å². The van der Waals surface area contributed by atoms with E-state index in [0.717, 1.165) is 18.7 Å². The summed E-state index contributed by atoms with van der Waals surface area (Å²) >= 11 is 0. The zero-order valence-electron chi connectivity index (χ0n) is 8.17. The molecule has 0 spiro atoms. The summed E-state index contributed by atoms with van der Waals surface area (Å²) in [7, 11) is 0. The van der Waals surface area contributed by atoms with Crippen LogP contribution in [0.15, 0.2) is 12.5 Å². The number of hydrogen-bond donors (Lipinski definition) is 3. The van der Waals surface area contributed by atoms with Crippen LogP contribution in [-0.2, 0) is 6.54 Å². The summed E-state index contributed by atoms with van der Waals surface area (Å²) in [4.78, 5) is 6.89. The Morgan fingerprint density at radius 2 is 2.46 bits per heavy atom. The van der Waals surface area contributed by atoms with Gasteiger partial charge >= 0.3 is 0 Å². The summed E-state index contributed by atoms with van der Waals surface area (Å²) in [6.45, 7) is 5.11. The van der Waals surface area contributed by atoms with Gasteiger partial charge in [0.05, 0.1) is 11.9 Å². The predicted octanol–water partition coefficient (Wildman–Crippen LogP) is 0.660. The molecule has 0 radical (unpaired) electrons. The molecule has 0 bridgehead atoms. The number of aromatic amines is 1. The average molecular weight is 183 g/mol. The lowest BCUT2D eigenvalue weighted by atomic mass is 10.0. The Morgan fingerprint density at radius 1 is 1.69 bits per heavy atom. The lowest BCUT2D eigenvalue weighted by Crippen LogP contribution is -2.36. The fraction of sp³-hybridized carbons (Fsp3) is 0.667. The van der Waals surface area contributed by atoms with Crippen molar-refractivity contribution in [2.45, 2.75) is 32.4 Å². The first-order chi connectivity index (χ1) is 6.14. The summed E-state index contributed by atoms with van der Waals surface area (Å²) in [5.74, 6) is 0. The van der Waals surface area contributed by atoms with E-state index in [1.54, 1.807) is 12.5 Å². The third-order valence-electron chi connectivity index (χ3n) is 2.14. The molecule has 1 unspecified atom stereocenters. The predicted molar refractivity (Wildman–Crippen MR) is 51.2 cm³/mol. The van der Waals surface area contributed by atoms with Crippen LogP contribution in [0.2, 0.25) is 0 Å². The van der Waals surface area contributed by atoms with Crippen LogP contribution in [0.5, 0.6) is 0 Å². The molecule has 1 heterocycles. The Labute approximate surface area is 78.4 Å². The number of imidazole rings is 1. The maximum Gasteiger partial charge on any atom is 0.0922 e. The van der Waals surface area contributed by atoms with Crippen molar-refractivity contribution in [1.29, 1.82) is 0 Å². The topological polar surface area (TPSA) is 60.9 Å². The van der Waals surface area contributed by atoms with E-state index in [4.69, 9.17) is 0 Å². The molecule has 4 nitrogen and oxygen atoms in total. The highest BCUT2D eigenvalue weighted by atomic mass is 16.3. The summed E-state index contributed by atoms with van der Waals surface area (Å²) in [5, 5.41) is 12.8. The Hall–Kier alpha value is -0.870. The second-order valence-corrected chi connectivity index (χ2v) is 3.53. The molecule has 0 aliphatic carbocycles. The van der Waals surface area contributed by atoms with Gasteiger partial charge in [-0.25, -0.2) is 4.98 Å². The van der Waals surface area contributed by atoms with Gasteiger partial charge in [0.15, 0.2) is 0 Å². The van der Waals surface area contributed by atoms with Crippen LogP contribution in [0.4, 0.5) is 0 Å². The van der Waals surface area contributed by atoms with Crippen LogP contribution in [-0.4, -0.2) is 27.2 Å². The highest BCUT2D eigenvalue weighted by Gasteiger charge is 2.16. The second-order valence-electron chi connectivity index (χ2n) is 3.53. The van der Waals surface area contributed by atoms with Crippen LogP contribution < -0.4 is 5.32 Å². The van der Waals surface area contributed by atoms with Gasteiger partial charge in [-0.15, -0.1) is 0 Å². The first kappa shape index (κ1) is 10.2. The Morgan fingerprint density at radius 3 is 3.00 bits per heavy atom. The minimum Gasteiger partial charge on any atom is -0.389 e. The number of nitrogens with one attached hydrogen (secondary N) is 2. The van der Waals surface area contributed by atoms with Crippen LogP contribution in [0, 0.1) is 0 Å². The zero-order valence-corrected chi connectivity index (χ0v) is 8.17. The Kier molecular flexibility index (Phi) is 3.45. The molecule has 0 saturated carbocycles. The first-order valence-electron chi connectivity index (χ1n) is 4.54. The molecular weight excluding hydrogens is 166 g/mol. The molecule has 1 aromatic rings. The average Bonchev–Trinajstić information content (AvgIpc) is 2.57. The van der Waals surface area contributed by atoms with Crippen molar-refractivity contribution >= 4 is 0 Å². The van der Waals surface area contributed by atoms with E-state index in [1.807, 2.05) is 13.8 Å². The van der Waals surface area contributed by atoms with Gasteiger partial charge in [0.2, 0.25) is 0 Å². The van der Waals surface area contributed by atoms with Crippen LogP contribution in [0.1, 0.15) is 26.0 Å². The van der Waals surface area contributed by atoms with Gasteiger partial charge in [0.25, 0.3) is 0 Å². The monoisotopic (exact) mass is 183 g/mol. The lowest BCUT2D eigenvalue weighted by Gasteiger charge is -2.21. The van der Waals surface area contributed by atoms with E-state index in [1.165, 1.54) is 0 Å². The Bertz CT molecular complexity index is 231. The minimum atomic E-state index is -0.611. The third-order valence-corrected chi connectivity index (χ3v) is 2.14. The molecule has 0 aromatic carbocycles. The highest BCUT2D eigenvalue weighted by molar-refractivity contribution is 4.93. The van der Waals surface area contributed by atoms with Gasteiger partial charge in [-0.3, -0.25) is 0 Å². The molecule has 74 valence electrons. The van der Waals surface area contributed by atoms with Gasteiger partial charge in [-0.2, -0.15) is 0 Å². The fourth-order valence-electron chi connectivity index (χ4n) is 0.973. The lowest BCUT2D eigenvalue weighted by molar-refractivity contribution is 0.0555. The molecule has 0 amide bonds. The maximum atomic E-state index is 9.66.